The van der Waals surface area contributed by atoms with Crippen LogP contribution in [0, 0.1) is 20.8 Å². The SMILES string of the molecule is COCCn1c(C)cc(C(=O)COC(=O)c2sccc2-c2ccc(C)cc2)c1C. The lowest BCUT2D eigenvalue weighted by atomic mass is 10.1. The number of benzene rings is 1. The van der Waals surface area contributed by atoms with Crippen LogP contribution < -0.4 is 0 Å². The highest BCUT2D eigenvalue weighted by Gasteiger charge is 2.20. The maximum absolute atomic E-state index is 12.7. The summed E-state index contributed by atoms with van der Waals surface area (Å²) in [4.78, 5) is 25.8. The lowest BCUT2D eigenvalue weighted by Crippen LogP contribution is -2.15. The number of carbonyl (C=O) groups excluding carboxylic acids is 2. The molecule has 0 amide bonds. The van der Waals surface area contributed by atoms with Crippen molar-refractivity contribution in [1.29, 1.82) is 0 Å². The molecule has 6 heteroatoms. The predicted molar refractivity (Wildman–Crippen MR) is 115 cm³/mol. The Morgan fingerprint density at radius 2 is 1.79 bits per heavy atom. The van der Waals surface area contributed by atoms with Gasteiger partial charge in [-0.15, -0.1) is 11.3 Å². The fourth-order valence-electron chi connectivity index (χ4n) is 3.31. The molecular formula is C23H25NO4S. The van der Waals surface area contributed by atoms with E-state index in [1.165, 1.54) is 11.3 Å². The Balaban J connectivity index is 1.70. The quantitative estimate of drug-likeness (QED) is 0.394. The molecule has 3 rings (SSSR count). The number of methoxy groups -OCH3 is 1. The van der Waals surface area contributed by atoms with Gasteiger partial charge in [0.15, 0.2) is 6.61 Å². The fourth-order valence-corrected chi connectivity index (χ4v) is 4.12. The average Bonchev–Trinajstić information content (AvgIpc) is 3.30. The molecule has 5 nitrogen and oxygen atoms in total. The minimum atomic E-state index is -0.475. The van der Waals surface area contributed by atoms with E-state index in [9.17, 15) is 9.59 Å². The lowest BCUT2D eigenvalue weighted by Gasteiger charge is -2.09. The van der Waals surface area contributed by atoms with Crippen LogP contribution in [0.1, 0.15) is 37.0 Å². The number of carbonyl (C=O) groups is 2. The van der Waals surface area contributed by atoms with Gasteiger partial charge in [0.05, 0.1) is 6.61 Å². The van der Waals surface area contributed by atoms with Crippen molar-refractivity contribution in [1.82, 2.24) is 4.57 Å². The third-order valence-electron chi connectivity index (χ3n) is 4.94. The third kappa shape index (κ3) is 4.66. The third-order valence-corrected chi connectivity index (χ3v) is 5.84. The Bertz CT molecular complexity index is 1010. The van der Waals surface area contributed by atoms with Crippen LogP contribution in [-0.2, 0) is 16.0 Å². The van der Waals surface area contributed by atoms with E-state index in [0.717, 1.165) is 28.1 Å². The molecule has 0 bridgehead atoms. The monoisotopic (exact) mass is 411 g/mol. The zero-order chi connectivity index (χ0) is 21.0. The van der Waals surface area contributed by atoms with E-state index in [1.807, 2.05) is 67.1 Å². The normalized spacial score (nSPS) is 10.9. The molecule has 0 radical (unpaired) electrons. The molecule has 29 heavy (non-hydrogen) atoms. The van der Waals surface area contributed by atoms with Gasteiger partial charge in [-0.2, -0.15) is 0 Å². The topological polar surface area (TPSA) is 57.5 Å². The molecular weight excluding hydrogens is 386 g/mol. The summed E-state index contributed by atoms with van der Waals surface area (Å²) in [7, 11) is 1.65. The van der Waals surface area contributed by atoms with Gasteiger partial charge in [0, 0.05) is 36.2 Å². The number of hydrogen-bond acceptors (Lipinski definition) is 5. The van der Waals surface area contributed by atoms with Crippen molar-refractivity contribution in [2.24, 2.45) is 0 Å². The Kier molecular flexibility index (Phi) is 6.67. The molecule has 0 aliphatic rings. The van der Waals surface area contributed by atoms with Crippen molar-refractivity contribution in [3.8, 4) is 11.1 Å². The number of thiophene rings is 1. The Morgan fingerprint density at radius 3 is 2.48 bits per heavy atom. The predicted octanol–water partition coefficient (Wildman–Crippen LogP) is 4.83. The smallest absolute Gasteiger partial charge is 0.349 e. The molecule has 0 atom stereocenters. The molecule has 1 aromatic carbocycles. The van der Waals surface area contributed by atoms with Gasteiger partial charge in [-0.05, 0) is 43.8 Å². The largest absolute Gasteiger partial charge is 0.453 e. The van der Waals surface area contributed by atoms with Crippen molar-refractivity contribution >= 4 is 23.1 Å². The molecule has 0 unspecified atom stereocenters. The van der Waals surface area contributed by atoms with Crippen LogP contribution in [0.3, 0.4) is 0 Å². The minimum Gasteiger partial charge on any atom is -0.453 e. The fraction of sp³-hybridized carbons (Fsp3) is 0.304. The number of esters is 1. The highest BCUT2D eigenvalue weighted by atomic mass is 32.1. The van der Waals surface area contributed by atoms with Crippen LogP contribution >= 0.6 is 11.3 Å². The summed E-state index contributed by atoms with van der Waals surface area (Å²) in [5, 5.41) is 1.86. The van der Waals surface area contributed by atoms with E-state index >= 15 is 0 Å². The lowest BCUT2D eigenvalue weighted by molar-refractivity contribution is 0.0480. The summed E-state index contributed by atoms with van der Waals surface area (Å²) < 4.78 is 12.5. The van der Waals surface area contributed by atoms with E-state index in [-0.39, 0.29) is 12.4 Å². The first-order chi connectivity index (χ1) is 13.9. The summed E-state index contributed by atoms with van der Waals surface area (Å²) >= 11 is 1.32. The highest BCUT2D eigenvalue weighted by Crippen LogP contribution is 2.29. The summed E-state index contributed by atoms with van der Waals surface area (Å²) in [5.41, 5.74) is 5.35. The second-order valence-corrected chi connectivity index (χ2v) is 7.87. The van der Waals surface area contributed by atoms with Gasteiger partial charge in [0.2, 0.25) is 5.78 Å². The summed E-state index contributed by atoms with van der Waals surface area (Å²) in [6.07, 6.45) is 0. The number of Topliss-reactive ketones (excluding diaryl/α,β-unsaturated/α-hetero) is 1. The Labute approximate surface area is 174 Å². The first-order valence-corrected chi connectivity index (χ1v) is 10.3. The summed E-state index contributed by atoms with van der Waals surface area (Å²) in [6.45, 7) is 6.83. The molecule has 2 heterocycles. The number of hydrogen-bond donors (Lipinski definition) is 0. The van der Waals surface area contributed by atoms with Crippen molar-refractivity contribution in [3.63, 3.8) is 0 Å². The van der Waals surface area contributed by atoms with Crippen LogP contribution in [0.15, 0.2) is 41.8 Å². The molecule has 0 spiro atoms. The second-order valence-electron chi connectivity index (χ2n) is 6.96. The standard InChI is InChI=1S/C23H25NO4S/c1-15-5-7-18(8-6-15)19-9-12-29-22(19)23(26)28-14-21(25)20-13-16(2)24(17(20)3)10-11-27-4/h5-9,12-13H,10-11,14H2,1-4H3. The first-order valence-electron chi connectivity index (χ1n) is 9.43. The summed E-state index contributed by atoms with van der Waals surface area (Å²) in [5.74, 6) is -0.680. The van der Waals surface area contributed by atoms with E-state index < -0.39 is 5.97 Å². The van der Waals surface area contributed by atoms with Gasteiger partial charge >= 0.3 is 5.97 Å². The molecule has 3 aromatic rings. The van der Waals surface area contributed by atoms with Crippen LogP contribution in [0.5, 0.6) is 0 Å². The van der Waals surface area contributed by atoms with Crippen LogP contribution in [0.4, 0.5) is 0 Å². The van der Waals surface area contributed by atoms with Gasteiger partial charge in [-0.3, -0.25) is 4.79 Å². The Hall–Kier alpha value is -2.70. The molecule has 152 valence electrons. The number of ether oxygens (including phenoxy) is 2. The second kappa shape index (κ2) is 9.20. The van der Waals surface area contributed by atoms with Crippen molar-refractivity contribution < 1.29 is 19.1 Å². The highest BCUT2D eigenvalue weighted by molar-refractivity contribution is 7.12. The van der Waals surface area contributed by atoms with Gasteiger partial charge in [0.1, 0.15) is 4.88 Å². The zero-order valence-corrected chi connectivity index (χ0v) is 18.0. The maximum atomic E-state index is 12.7. The van der Waals surface area contributed by atoms with E-state index in [2.05, 4.69) is 0 Å². The molecule has 0 saturated carbocycles. The average molecular weight is 412 g/mol. The van der Waals surface area contributed by atoms with E-state index in [0.29, 0.717) is 23.6 Å². The molecule has 0 aliphatic carbocycles. The number of rotatable bonds is 8. The molecule has 0 saturated heterocycles. The van der Waals surface area contributed by atoms with Gasteiger partial charge < -0.3 is 14.0 Å². The van der Waals surface area contributed by atoms with Crippen LogP contribution in [0.2, 0.25) is 0 Å². The molecule has 0 fully saturated rings. The first kappa shape index (κ1) is 21.0. The van der Waals surface area contributed by atoms with E-state index in [4.69, 9.17) is 9.47 Å². The van der Waals surface area contributed by atoms with Gasteiger partial charge in [0.25, 0.3) is 0 Å². The Morgan fingerprint density at radius 1 is 1.07 bits per heavy atom. The zero-order valence-electron chi connectivity index (χ0n) is 17.2. The molecule has 0 aliphatic heterocycles. The van der Waals surface area contributed by atoms with Crippen LogP contribution in [0.25, 0.3) is 11.1 Å². The maximum Gasteiger partial charge on any atom is 0.349 e. The number of aromatic nitrogens is 1. The molecule has 0 N–H and O–H groups in total. The minimum absolute atomic E-state index is 0.205. The van der Waals surface area contributed by atoms with Gasteiger partial charge in [-0.25, -0.2) is 4.79 Å². The molecule has 2 aromatic heterocycles. The van der Waals surface area contributed by atoms with E-state index in [1.54, 1.807) is 7.11 Å². The van der Waals surface area contributed by atoms with Crippen molar-refractivity contribution in [2.45, 2.75) is 27.3 Å². The van der Waals surface area contributed by atoms with Crippen LogP contribution in [-0.4, -0.2) is 36.6 Å². The summed E-state index contributed by atoms with van der Waals surface area (Å²) in [6, 6.07) is 11.7. The van der Waals surface area contributed by atoms with Crippen molar-refractivity contribution in [3.05, 3.63) is 69.2 Å². The number of nitrogens with zero attached hydrogens (tertiary/aromatic N) is 1. The number of aryl methyl sites for hydroxylation is 2. The van der Waals surface area contributed by atoms with Gasteiger partial charge in [-0.1, -0.05) is 29.8 Å². The van der Waals surface area contributed by atoms with Crippen molar-refractivity contribution in [2.75, 3.05) is 20.3 Å². The number of ketones is 1.